The number of amides is 1. The average molecular weight is 471 g/mol. The van der Waals surface area contributed by atoms with Crippen LogP contribution in [-0.2, 0) is 24.0 Å². The molecule has 1 saturated heterocycles. The van der Waals surface area contributed by atoms with Crippen molar-refractivity contribution in [3.05, 3.63) is 58.9 Å². The number of hydrogen-bond donors (Lipinski definition) is 2. The van der Waals surface area contributed by atoms with Gasteiger partial charge in [0.2, 0.25) is 0 Å². The maximum atomic E-state index is 12.9. The first-order chi connectivity index (χ1) is 17.2. The molecule has 2 aliphatic heterocycles. The zero-order chi connectivity index (χ0) is 23.4. The van der Waals surface area contributed by atoms with Crippen LogP contribution in [-0.4, -0.2) is 65.8 Å². The molecule has 1 aromatic carbocycles. The molecule has 1 amide bonds. The molecule has 7 rings (SSSR count). The number of ether oxygens (including phenoxy) is 2. The molecule has 2 fully saturated rings. The van der Waals surface area contributed by atoms with Gasteiger partial charge >= 0.3 is 0 Å². The van der Waals surface area contributed by atoms with Crippen molar-refractivity contribution in [2.75, 3.05) is 39.5 Å². The third kappa shape index (κ3) is 3.83. The van der Waals surface area contributed by atoms with Gasteiger partial charge in [-0.3, -0.25) is 14.7 Å². The van der Waals surface area contributed by atoms with E-state index in [2.05, 4.69) is 33.4 Å². The number of carbonyl (C=O) groups excluding carboxylic acids is 1. The quantitative estimate of drug-likeness (QED) is 0.598. The molecule has 3 aromatic rings. The molecule has 1 saturated carbocycles. The van der Waals surface area contributed by atoms with E-state index >= 15 is 0 Å². The molecule has 2 aromatic heterocycles. The standard InChI is InChI=1S/C28H30N4O3/c33-27-25-21-6-3-19-17-29-23(15-22(19)26(21)30-24(25)16-28(31-27)7-8-28)18-1-4-20(5-2-18)35-14-11-32-9-12-34-13-10-32/h1-2,4-5,15,17,30H,3,6-14,16H2,(H,31,33). The van der Waals surface area contributed by atoms with Gasteiger partial charge in [0.05, 0.1) is 30.2 Å². The van der Waals surface area contributed by atoms with E-state index in [9.17, 15) is 4.79 Å². The average Bonchev–Trinajstić information content (AvgIpc) is 3.51. The minimum Gasteiger partial charge on any atom is -0.492 e. The molecule has 7 nitrogen and oxygen atoms in total. The zero-order valence-electron chi connectivity index (χ0n) is 19.9. The third-order valence-corrected chi connectivity index (χ3v) is 7.99. The number of nitrogens with zero attached hydrogens (tertiary/aromatic N) is 2. The second-order valence-corrected chi connectivity index (χ2v) is 10.3. The van der Waals surface area contributed by atoms with Gasteiger partial charge < -0.3 is 19.8 Å². The van der Waals surface area contributed by atoms with Crippen molar-refractivity contribution >= 4 is 5.91 Å². The van der Waals surface area contributed by atoms with Crippen LogP contribution in [0.15, 0.2) is 36.5 Å². The number of aryl methyl sites for hydroxylation is 1. The van der Waals surface area contributed by atoms with Crippen molar-refractivity contribution in [2.45, 2.75) is 37.6 Å². The first-order valence-electron chi connectivity index (χ1n) is 12.8. The van der Waals surface area contributed by atoms with Crippen LogP contribution < -0.4 is 10.1 Å². The Morgan fingerprint density at radius 3 is 2.74 bits per heavy atom. The number of H-pyrrole nitrogens is 1. The van der Waals surface area contributed by atoms with Gasteiger partial charge in [-0.1, -0.05) is 0 Å². The van der Waals surface area contributed by atoms with Crippen LogP contribution in [0.2, 0.25) is 0 Å². The number of aromatic amines is 1. The fourth-order valence-corrected chi connectivity index (χ4v) is 5.79. The number of carbonyl (C=O) groups is 1. The summed E-state index contributed by atoms with van der Waals surface area (Å²) in [6.07, 6.45) is 6.88. The van der Waals surface area contributed by atoms with Crippen LogP contribution in [0.25, 0.3) is 22.5 Å². The van der Waals surface area contributed by atoms with Crippen molar-refractivity contribution in [1.82, 2.24) is 20.2 Å². The highest BCUT2D eigenvalue weighted by molar-refractivity contribution is 6.01. The summed E-state index contributed by atoms with van der Waals surface area (Å²) in [5.41, 5.74) is 8.70. The van der Waals surface area contributed by atoms with Gasteiger partial charge in [-0.15, -0.1) is 0 Å². The number of rotatable bonds is 5. The van der Waals surface area contributed by atoms with Crippen molar-refractivity contribution in [3.63, 3.8) is 0 Å². The van der Waals surface area contributed by atoms with Crippen LogP contribution in [0.4, 0.5) is 0 Å². The molecule has 35 heavy (non-hydrogen) atoms. The van der Waals surface area contributed by atoms with E-state index in [0.717, 1.165) is 98.9 Å². The molecule has 0 atom stereocenters. The minimum absolute atomic E-state index is 0.00970. The summed E-state index contributed by atoms with van der Waals surface area (Å²) in [6.45, 7) is 5.16. The summed E-state index contributed by atoms with van der Waals surface area (Å²) in [5, 5.41) is 3.27. The van der Waals surface area contributed by atoms with Crippen molar-refractivity contribution in [2.24, 2.45) is 0 Å². The minimum atomic E-state index is 0.00970. The summed E-state index contributed by atoms with van der Waals surface area (Å²) in [4.78, 5) is 23.7. The van der Waals surface area contributed by atoms with Crippen molar-refractivity contribution in [1.29, 1.82) is 0 Å². The Labute approximate surface area is 204 Å². The van der Waals surface area contributed by atoms with Crippen LogP contribution in [0.1, 0.15) is 40.0 Å². The second-order valence-electron chi connectivity index (χ2n) is 10.3. The molecule has 2 N–H and O–H groups in total. The Kier molecular flexibility index (Phi) is 4.96. The maximum Gasteiger partial charge on any atom is 0.253 e. The SMILES string of the molecule is O=C1NC2(CC2)Cc2[nH]c3c(c21)CCc1cnc(-c2ccc(OCCN4CCOCC4)cc2)cc1-3. The highest BCUT2D eigenvalue weighted by Crippen LogP contribution is 2.45. The Balaban J connectivity index is 1.11. The highest BCUT2D eigenvalue weighted by atomic mass is 16.5. The molecular formula is C28H30N4O3. The summed E-state index contributed by atoms with van der Waals surface area (Å²) in [5.74, 6) is 0.975. The Bertz CT molecular complexity index is 1290. The third-order valence-electron chi connectivity index (χ3n) is 7.99. The molecule has 2 aliphatic carbocycles. The Hall–Kier alpha value is -3.16. The molecule has 180 valence electrons. The van der Waals surface area contributed by atoms with E-state index in [-0.39, 0.29) is 11.4 Å². The van der Waals surface area contributed by atoms with Crippen molar-refractivity contribution < 1.29 is 14.3 Å². The van der Waals surface area contributed by atoms with Crippen LogP contribution in [0, 0.1) is 0 Å². The highest BCUT2D eigenvalue weighted by Gasteiger charge is 2.49. The van der Waals surface area contributed by atoms with Gasteiger partial charge in [-0.05, 0) is 67.1 Å². The van der Waals surface area contributed by atoms with Crippen LogP contribution in [0.5, 0.6) is 5.75 Å². The lowest BCUT2D eigenvalue weighted by Crippen LogP contribution is -2.43. The summed E-state index contributed by atoms with van der Waals surface area (Å²) < 4.78 is 11.4. The molecule has 4 heterocycles. The van der Waals surface area contributed by atoms with E-state index < -0.39 is 0 Å². The lowest BCUT2D eigenvalue weighted by atomic mass is 9.87. The predicted octanol–water partition coefficient (Wildman–Crippen LogP) is 3.37. The van der Waals surface area contributed by atoms with Crippen LogP contribution in [0.3, 0.4) is 0 Å². The summed E-state index contributed by atoms with van der Waals surface area (Å²) in [6, 6.07) is 10.4. The second kappa shape index (κ2) is 8.21. The monoisotopic (exact) mass is 470 g/mol. The predicted molar refractivity (Wildman–Crippen MR) is 133 cm³/mol. The fourth-order valence-electron chi connectivity index (χ4n) is 5.79. The smallest absolute Gasteiger partial charge is 0.253 e. The molecule has 1 spiro atoms. The number of aromatic nitrogens is 2. The zero-order valence-corrected chi connectivity index (χ0v) is 19.9. The van der Waals surface area contributed by atoms with Gasteiger partial charge in [-0.25, -0.2) is 0 Å². The van der Waals surface area contributed by atoms with Gasteiger partial charge in [0.15, 0.2) is 0 Å². The number of pyridine rings is 1. The molecule has 0 bridgehead atoms. The molecule has 4 aliphatic rings. The fraction of sp³-hybridized carbons (Fsp3) is 0.429. The first kappa shape index (κ1) is 21.1. The summed E-state index contributed by atoms with van der Waals surface area (Å²) in [7, 11) is 0. The maximum absolute atomic E-state index is 12.9. The van der Waals surface area contributed by atoms with Crippen molar-refractivity contribution in [3.8, 4) is 28.3 Å². The lowest BCUT2D eigenvalue weighted by molar-refractivity contribution is 0.0322. The number of nitrogens with one attached hydrogen (secondary N) is 2. The normalized spacial score (nSPS) is 20.1. The topological polar surface area (TPSA) is 79.5 Å². The molecule has 0 radical (unpaired) electrons. The van der Waals surface area contributed by atoms with E-state index in [0.29, 0.717) is 6.61 Å². The Morgan fingerprint density at radius 1 is 1.11 bits per heavy atom. The number of benzene rings is 1. The van der Waals surface area contributed by atoms with Gasteiger partial charge in [0.25, 0.3) is 5.91 Å². The largest absolute Gasteiger partial charge is 0.492 e. The number of morpholine rings is 1. The van der Waals surface area contributed by atoms with E-state index in [1.165, 1.54) is 16.7 Å². The van der Waals surface area contributed by atoms with E-state index in [1.54, 1.807) is 0 Å². The summed E-state index contributed by atoms with van der Waals surface area (Å²) >= 11 is 0. The molecular weight excluding hydrogens is 440 g/mol. The first-order valence-corrected chi connectivity index (χ1v) is 12.8. The number of hydrogen-bond acceptors (Lipinski definition) is 5. The van der Waals surface area contributed by atoms with Gasteiger partial charge in [0.1, 0.15) is 12.4 Å². The van der Waals surface area contributed by atoms with E-state index in [1.807, 2.05) is 18.3 Å². The van der Waals surface area contributed by atoms with Gasteiger partial charge in [0, 0.05) is 54.6 Å². The van der Waals surface area contributed by atoms with Crippen LogP contribution >= 0.6 is 0 Å². The van der Waals surface area contributed by atoms with E-state index in [4.69, 9.17) is 14.5 Å². The lowest BCUT2D eigenvalue weighted by Gasteiger charge is -2.26. The molecule has 0 unspecified atom stereocenters. The molecule has 7 heteroatoms. The Morgan fingerprint density at radius 2 is 1.94 bits per heavy atom. The van der Waals surface area contributed by atoms with Gasteiger partial charge in [-0.2, -0.15) is 0 Å². The number of fused-ring (bicyclic) bond motifs is 5.